The molecule has 0 aliphatic heterocycles. The van der Waals surface area contributed by atoms with Crippen molar-refractivity contribution in [3.05, 3.63) is 60.2 Å². The maximum absolute atomic E-state index is 11.9. The Morgan fingerprint density at radius 2 is 1.68 bits per heavy atom. The smallest absolute Gasteiger partial charge is 0.224 e. The molecule has 0 radical (unpaired) electrons. The van der Waals surface area contributed by atoms with Crippen LogP contribution in [0.2, 0.25) is 0 Å². The number of aryl methyl sites for hydroxylation is 1. The SMILES string of the molecule is CCCCCCC(=O)Nc1ccc(OCCCc2ccccc2)cc1. The standard InChI is InChI=1S/C22H29NO2/c1-2-3-4-8-13-22(24)23-20-14-16-21(17-15-20)25-18-9-12-19-10-6-5-7-11-19/h5-7,10-11,14-17H,2-4,8-9,12-13,18H2,1H3,(H,23,24). The maximum atomic E-state index is 11.9. The molecule has 2 rings (SSSR count). The molecule has 0 aliphatic rings. The summed E-state index contributed by atoms with van der Waals surface area (Å²) < 4.78 is 5.77. The van der Waals surface area contributed by atoms with E-state index in [2.05, 4.69) is 36.5 Å². The molecular weight excluding hydrogens is 310 g/mol. The molecule has 134 valence electrons. The molecule has 0 spiro atoms. The molecule has 1 N–H and O–H groups in total. The lowest BCUT2D eigenvalue weighted by Gasteiger charge is -2.08. The van der Waals surface area contributed by atoms with E-state index in [1.807, 2.05) is 30.3 Å². The van der Waals surface area contributed by atoms with Crippen molar-refractivity contribution in [1.29, 1.82) is 0 Å². The van der Waals surface area contributed by atoms with Gasteiger partial charge in [0, 0.05) is 12.1 Å². The van der Waals surface area contributed by atoms with Gasteiger partial charge < -0.3 is 10.1 Å². The van der Waals surface area contributed by atoms with Crippen molar-refractivity contribution >= 4 is 11.6 Å². The van der Waals surface area contributed by atoms with Crippen molar-refractivity contribution < 1.29 is 9.53 Å². The Kier molecular flexibility index (Phi) is 8.60. The quantitative estimate of drug-likeness (QED) is 0.541. The first kappa shape index (κ1) is 19.0. The Bertz CT molecular complexity index is 608. The Morgan fingerprint density at radius 1 is 0.920 bits per heavy atom. The van der Waals surface area contributed by atoms with Crippen LogP contribution in [-0.4, -0.2) is 12.5 Å². The van der Waals surface area contributed by atoms with E-state index in [9.17, 15) is 4.79 Å². The number of nitrogens with one attached hydrogen (secondary N) is 1. The summed E-state index contributed by atoms with van der Waals surface area (Å²) in [5.74, 6) is 0.932. The molecule has 0 unspecified atom stereocenters. The predicted octanol–water partition coefficient (Wildman–Crippen LogP) is 5.61. The number of carbonyl (C=O) groups is 1. The normalized spacial score (nSPS) is 10.4. The second-order valence-corrected chi connectivity index (χ2v) is 6.32. The van der Waals surface area contributed by atoms with E-state index in [4.69, 9.17) is 4.74 Å². The minimum atomic E-state index is 0.0904. The van der Waals surface area contributed by atoms with Gasteiger partial charge in [0.05, 0.1) is 6.61 Å². The summed E-state index contributed by atoms with van der Waals surface area (Å²) in [6, 6.07) is 18.1. The van der Waals surface area contributed by atoms with Gasteiger partial charge in [-0.2, -0.15) is 0 Å². The van der Waals surface area contributed by atoms with Gasteiger partial charge in [-0.1, -0.05) is 56.5 Å². The van der Waals surface area contributed by atoms with Crippen LogP contribution in [-0.2, 0) is 11.2 Å². The fraction of sp³-hybridized carbons (Fsp3) is 0.409. The molecule has 3 nitrogen and oxygen atoms in total. The highest BCUT2D eigenvalue weighted by molar-refractivity contribution is 5.90. The van der Waals surface area contributed by atoms with Gasteiger partial charge in [0.25, 0.3) is 0 Å². The first-order valence-electron chi connectivity index (χ1n) is 9.34. The average Bonchev–Trinajstić information content (AvgIpc) is 2.65. The first-order chi connectivity index (χ1) is 12.3. The van der Waals surface area contributed by atoms with Crippen molar-refractivity contribution in [2.24, 2.45) is 0 Å². The monoisotopic (exact) mass is 339 g/mol. The zero-order valence-corrected chi connectivity index (χ0v) is 15.2. The van der Waals surface area contributed by atoms with Gasteiger partial charge in [0.15, 0.2) is 0 Å². The predicted molar refractivity (Wildman–Crippen MR) is 104 cm³/mol. The molecule has 2 aromatic rings. The summed E-state index contributed by atoms with van der Waals surface area (Å²) in [6.45, 7) is 2.86. The number of hydrogen-bond donors (Lipinski definition) is 1. The van der Waals surface area contributed by atoms with E-state index in [1.165, 1.54) is 18.4 Å². The van der Waals surface area contributed by atoms with E-state index < -0.39 is 0 Å². The first-order valence-corrected chi connectivity index (χ1v) is 9.34. The molecule has 3 heteroatoms. The third-order valence-corrected chi connectivity index (χ3v) is 4.12. The van der Waals surface area contributed by atoms with Crippen LogP contribution in [0.4, 0.5) is 5.69 Å². The molecule has 25 heavy (non-hydrogen) atoms. The van der Waals surface area contributed by atoms with Gasteiger partial charge >= 0.3 is 0 Å². The van der Waals surface area contributed by atoms with Crippen molar-refractivity contribution in [2.45, 2.75) is 51.9 Å². The van der Waals surface area contributed by atoms with E-state index in [0.717, 1.165) is 37.1 Å². The lowest BCUT2D eigenvalue weighted by Crippen LogP contribution is -2.10. The fourth-order valence-corrected chi connectivity index (χ4v) is 2.68. The molecule has 0 fully saturated rings. The van der Waals surface area contributed by atoms with Crippen LogP contribution in [0.3, 0.4) is 0 Å². The highest BCUT2D eigenvalue weighted by Crippen LogP contribution is 2.17. The lowest BCUT2D eigenvalue weighted by atomic mass is 10.1. The second kappa shape index (κ2) is 11.3. The van der Waals surface area contributed by atoms with Crippen LogP contribution < -0.4 is 10.1 Å². The molecule has 0 saturated heterocycles. The van der Waals surface area contributed by atoms with E-state index in [0.29, 0.717) is 13.0 Å². The summed E-state index contributed by atoms with van der Waals surface area (Å²) in [4.78, 5) is 11.9. The third kappa shape index (κ3) is 7.88. The number of amides is 1. The fourth-order valence-electron chi connectivity index (χ4n) is 2.68. The number of hydrogen-bond acceptors (Lipinski definition) is 2. The van der Waals surface area contributed by atoms with Crippen LogP contribution in [0.15, 0.2) is 54.6 Å². The van der Waals surface area contributed by atoms with Crippen molar-refractivity contribution in [3.63, 3.8) is 0 Å². The van der Waals surface area contributed by atoms with Crippen LogP contribution in [0, 0.1) is 0 Å². The molecule has 1 amide bonds. The molecule has 0 bridgehead atoms. The number of rotatable bonds is 11. The van der Waals surface area contributed by atoms with Gasteiger partial charge in [-0.05, 0) is 49.1 Å². The highest BCUT2D eigenvalue weighted by atomic mass is 16.5. The minimum absolute atomic E-state index is 0.0904. The molecule has 0 saturated carbocycles. The average molecular weight is 339 g/mol. The van der Waals surface area contributed by atoms with Crippen LogP contribution in [0.5, 0.6) is 5.75 Å². The van der Waals surface area contributed by atoms with Crippen LogP contribution in [0.1, 0.15) is 51.0 Å². The summed E-state index contributed by atoms with van der Waals surface area (Å²) >= 11 is 0. The van der Waals surface area contributed by atoms with Gasteiger partial charge in [-0.15, -0.1) is 0 Å². The molecule has 0 heterocycles. The molecule has 0 aromatic heterocycles. The molecule has 2 aromatic carbocycles. The van der Waals surface area contributed by atoms with Gasteiger partial charge in [-0.3, -0.25) is 4.79 Å². The van der Waals surface area contributed by atoms with E-state index in [1.54, 1.807) is 0 Å². The number of anilines is 1. The van der Waals surface area contributed by atoms with Gasteiger partial charge in [0.1, 0.15) is 5.75 Å². The third-order valence-electron chi connectivity index (χ3n) is 4.12. The Hall–Kier alpha value is -2.29. The van der Waals surface area contributed by atoms with Crippen molar-refractivity contribution in [1.82, 2.24) is 0 Å². The number of ether oxygens (including phenoxy) is 1. The number of unbranched alkanes of at least 4 members (excludes halogenated alkanes) is 3. The second-order valence-electron chi connectivity index (χ2n) is 6.32. The van der Waals surface area contributed by atoms with Crippen LogP contribution in [0.25, 0.3) is 0 Å². The van der Waals surface area contributed by atoms with Crippen LogP contribution >= 0.6 is 0 Å². The lowest BCUT2D eigenvalue weighted by molar-refractivity contribution is -0.116. The number of benzene rings is 2. The van der Waals surface area contributed by atoms with Gasteiger partial charge in [-0.25, -0.2) is 0 Å². The molecule has 0 atom stereocenters. The Morgan fingerprint density at radius 3 is 2.40 bits per heavy atom. The summed E-state index contributed by atoms with van der Waals surface area (Å²) in [5, 5.41) is 2.94. The van der Waals surface area contributed by atoms with E-state index in [-0.39, 0.29) is 5.91 Å². The Balaban J connectivity index is 1.64. The largest absolute Gasteiger partial charge is 0.494 e. The minimum Gasteiger partial charge on any atom is -0.494 e. The van der Waals surface area contributed by atoms with Crippen molar-refractivity contribution in [2.75, 3.05) is 11.9 Å². The maximum Gasteiger partial charge on any atom is 0.224 e. The zero-order valence-electron chi connectivity index (χ0n) is 15.2. The molecular formula is C22H29NO2. The Labute approximate surface area is 151 Å². The van der Waals surface area contributed by atoms with Gasteiger partial charge in [0.2, 0.25) is 5.91 Å². The highest BCUT2D eigenvalue weighted by Gasteiger charge is 2.02. The number of carbonyl (C=O) groups excluding carboxylic acids is 1. The summed E-state index contributed by atoms with van der Waals surface area (Å²) in [5.41, 5.74) is 2.17. The molecule has 0 aliphatic carbocycles. The topological polar surface area (TPSA) is 38.3 Å². The zero-order chi connectivity index (χ0) is 17.7. The van der Waals surface area contributed by atoms with E-state index >= 15 is 0 Å². The summed E-state index contributed by atoms with van der Waals surface area (Å²) in [7, 11) is 0. The summed E-state index contributed by atoms with van der Waals surface area (Å²) in [6.07, 6.45) is 7.07. The van der Waals surface area contributed by atoms with Crippen molar-refractivity contribution in [3.8, 4) is 5.75 Å².